The lowest BCUT2D eigenvalue weighted by atomic mass is 10.1. The Morgan fingerprint density at radius 2 is 1.60 bits per heavy atom. The van der Waals surface area contributed by atoms with E-state index in [0.717, 1.165) is 27.1 Å². The van der Waals surface area contributed by atoms with Gasteiger partial charge in [0.15, 0.2) is 11.2 Å². The van der Waals surface area contributed by atoms with Crippen molar-refractivity contribution < 1.29 is 0 Å². The zero-order valence-electron chi connectivity index (χ0n) is 16.9. The van der Waals surface area contributed by atoms with Gasteiger partial charge in [-0.25, -0.2) is 4.79 Å². The minimum atomic E-state index is -0.408. The van der Waals surface area contributed by atoms with Crippen LogP contribution in [0.5, 0.6) is 0 Å². The van der Waals surface area contributed by atoms with Crippen LogP contribution in [0, 0.1) is 6.92 Å². The highest BCUT2D eigenvalue weighted by atomic mass is 16.2. The molecule has 0 saturated heterocycles. The van der Waals surface area contributed by atoms with Crippen molar-refractivity contribution in [2.24, 2.45) is 19.2 Å². The normalized spacial score (nSPS) is 13.4. The van der Waals surface area contributed by atoms with Crippen molar-refractivity contribution in [2.45, 2.75) is 13.5 Å². The van der Waals surface area contributed by atoms with Crippen LogP contribution in [0.4, 0.5) is 11.6 Å². The number of hydrogen-bond donors (Lipinski definition) is 0. The summed E-state index contributed by atoms with van der Waals surface area (Å²) in [6, 6.07) is 17.8. The number of benzene rings is 2. The Bertz CT molecular complexity index is 1430. The number of hydrogen-bond acceptors (Lipinski definition) is 5. The maximum Gasteiger partial charge on any atom is 0.332 e. The van der Waals surface area contributed by atoms with Crippen LogP contribution in [0.25, 0.3) is 11.2 Å². The van der Waals surface area contributed by atoms with Crippen LogP contribution in [-0.2, 0) is 20.6 Å². The topological polar surface area (TPSA) is 77.4 Å². The van der Waals surface area contributed by atoms with E-state index >= 15 is 0 Å². The number of hydrazone groups is 1. The fourth-order valence-corrected chi connectivity index (χ4v) is 3.73. The highest BCUT2D eigenvalue weighted by Gasteiger charge is 2.28. The smallest absolute Gasteiger partial charge is 0.296 e. The van der Waals surface area contributed by atoms with Crippen molar-refractivity contribution in [1.29, 1.82) is 0 Å². The number of rotatable bonds is 2. The Morgan fingerprint density at radius 1 is 0.900 bits per heavy atom. The van der Waals surface area contributed by atoms with Crippen molar-refractivity contribution in [1.82, 2.24) is 18.7 Å². The third-order valence-electron chi connectivity index (χ3n) is 5.43. The van der Waals surface area contributed by atoms with Crippen LogP contribution < -0.4 is 16.3 Å². The summed E-state index contributed by atoms with van der Waals surface area (Å²) in [5, 5.41) is 6.59. The Morgan fingerprint density at radius 3 is 2.30 bits per heavy atom. The van der Waals surface area contributed by atoms with Crippen molar-refractivity contribution >= 4 is 28.5 Å². The maximum atomic E-state index is 13.0. The fraction of sp³-hybridized carbons (Fsp3) is 0.182. The molecule has 4 aromatic rings. The van der Waals surface area contributed by atoms with E-state index in [2.05, 4.69) is 4.98 Å². The van der Waals surface area contributed by atoms with Crippen LogP contribution >= 0.6 is 0 Å². The van der Waals surface area contributed by atoms with Crippen LogP contribution in [0.3, 0.4) is 0 Å². The lowest BCUT2D eigenvalue weighted by Crippen LogP contribution is -2.38. The van der Waals surface area contributed by atoms with Gasteiger partial charge < -0.3 is 0 Å². The Kier molecular flexibility index (Phi) is 3.95. The molecule has 30 heavy (non-hydrogen) atoms. The van der Waals surface area contributed by atoms with E-state index < -0.39 is 5.69 Å². The number of nitrogens with zero attached hydrogens (tertiary/aromatic N) is 6. The highest BCUT2D eigenvalue weighted by Crippen LogP contribution is 2.31. The molecule has 0 N–H and O–H groups in total. The summed E-state index contributed by atoms with van der Waals surface area (Å²) in [5.74, 6) is 0.506. The molecule has 0 radical (unpaired) electrons. The largest absolute Gasteiger partial charge is 0.332 e. The summed E-state index contributed by atoms with van der Waals surface area (Å²) in [7, 11) is 3.11. The van der Waals surface area contributed by atoms with Crippen molar-refractivity contribution in [3.8, 4) is 0 Å². The molecule has 0 fully saturated rings. The first-order valence-electron chi connectivity index (χ1n) is 9.61. The molecule has 0 aliphatic carbocycles. The molecule has 150 valence electrons. The van der Waals surface area contributed by atoms with Gasteiger partial charge in [0.25, 0.3) is 5.56 Å². The molecule has 0 saturated carbocycles. The lowest BCUT2D eigenvalue weighted by Gasteiger charge is -2.26. The van der Waals surface area contributed by atoms with Crippen molar-refractivity contribution in [2.75, 3.05) is 5.01 Å². The Labute approximate surface area is 171 Å². The zero-order chi connectivity index (χ0) is 21.0. The minimum absolute atomic E-state index is 0.347. The predicted molar refractivity (Wildman–Crippen MR) is 117 cm³/mol. The van der Waals surface area contributed by atoms with E-state index in [1.165, 1.54) is 11.6 Å². The zero-order valence-corrected chi connectivity index (χ0v) is 16.9. The molecule has 0 atom stereocenters. The van der Waals surface area contributed by atoms with Crippen LogP contribution in [0.2, 0.25) is 0 Å². The molecule has 8 heteroatoms. The summed E-state index contributed by atoms with van der Waals surface area (Å²) in [4.78, 5) is 30.1. The number of imidazole rings is 1. The molecule has 0 amide bonds. The van der Waals surface area contributed by atoms with Crippen molar-refractivity contribution in [3.63, 3.8) is 0 Å². The summed E-state index contributed by atoms with van der Waals surface area (Å²) in [6.07, 6.45) is 0. The molecule has 8 nitrogen and oxygen atoms in total. The molecule has 5 rings (SSSR count). The second-order valence-corrected chi connectivity index (χ2v) is 7.44. The van der Waals surface area contributed by atoms with Gasteiger partial charge in [0.05, 0.1) is 17.9 Å². The van der Waals surface area contributed by atoms with Crippen molar-refractivity contribution in [3.05, 3.63) is 86.6 Å². The summed E-state index contributed by atoms with van der Waals surface area (Å²) in [5.41, 5.74) is 3.68. The first-order valence-corrected chi connectivity index (χ1v) is 9.61. The highest BCUT2D eigenvalue weighted by molar-refractivity contribution is 6.03. The average molecular weight is 400 g/mol. The quantitative estimate of drug-likeness (QED) is 0.517. The van der Waals surface area contributed by atoms with Gasteiger partial charge >= 0.3 is 5.69 Å². The van der Waals surface area contributed by atoms with Crippen LogP contribution in [0.15, 0.2) is 69.3 Å². The lowest BCUT2D eigenvalue weighted by molar-refractivity contribution is 0.703. The monoisotopic (exact) mass is 400 g/mol. The first kappa shape index (κ1) is 18.1. The molecule has 0 unspecified atom stereocenters. The Hall–Kier alpha value is -3.94. The van der Waals surface area contributed by atoms with E-state index in [1.54, 1.807) is 12.1 Å². The van der Waals surface area contributed by atoms with E-state index in [4.69, 9.17) is 5.10 Å². The van der Waals surface area contributed by atoms with Crippen LogP contribution in [0.1, 0.15) is 11.1 Å². The van der Waals surface area contributed by atoms with Crippen LogP contribution in [-0.4, -0.2) is 24.4 Å². The van der Waals surface area contributed by atoms with E-state index in [0.29, 0.717) is 23.7 Å². The standard InChI is InChI=1S/C22H20N6O2/c1-14-9-11-16(12-10-14)28-21-23-19-18(20(29)26(3)22(30)25(19)2)27(21)13-17(24-28)15-7-5-4-6-8-15/h4-12H,13H2,1-3H3. The summed E-state index contributed by atoms with van der Waals surface area (Å²) in [6.45, 7) is 2.40. The predicted octanol–water partition coefficient (Wildman–Crippen LogP) is 2.30. The number of aromatic nitrogens is 4. The minimum Gasteiger partial charge on any atom is -0.296 e. The van der Waals surface area contributed by atoms with E-state index in [-0.39, 0.29) is 5.56 Å². The van der Waals surface area contributed by atoms with Gasteiger partial charge in [0.1, 0.15) is 0 Å². The average Bonchev–Trinajstić information content (AvgIpc) is 3.16. The van der Waals surface area contributed by atoms with Gasteiger partial charge in [-0.3, -0.25) is 18.5 Å². The molecule has 1 aliphatic heterocycles. The third kappa shape index (κ3) is 2.61. The molecule has 3 heterocycles. The molecule has 2 aromatic heterocycles. The summed E-state index contributed by atoms with van der Waals surface area (Å²) >= 11 is 0. The SMILES string of the molecule is Cc1ccc(N2N=C(c3ccccc3)Cn3c2nc2c3c(=O)n(C)c(=O)n2C)cc1. The van der Waals surface area contributed by atoms with Gasteiger partial charge in [0, 0.05) is 14.1 Å². The van der Waals surface area contributed by atoms with Gasteiger partial charge in [-0.05, 0) is 24.6 Å². The van der Waals surface area contributed by atoms with Gasteiger partial charge in [-0.15, -0.1) is 0 Å². The second-order valence-electron chi connectivity index (χ2n) is 7.44. The van der Waals surface area contributed by atoms with Gasteiger partial charge in [0.2, 0.25) is 5.95 Å². The van der Waals surface area contributed by atoms with E-state index in [1.807, 2.05) is 66.1 Å². The molecule has 2 aromatic carbocycles. The fourth-order valence-electron chi connectivity index (χ4n) is 3.73. The second kappa shape index (κ2) is 6.55. The number of fused-ring (bicyclic) bond motifs is 3. The molecular formula is C22H20N6O2. The van der Waals surface area contributed by atoms with Gasteiger partial charge in [-0.1, -0.05) is 48.0 Å². The summed E-state index contributed by atoms with van der Waals surface area (Å²) < 4.78 is 4.35. The number of anilines is 2. The Balaban J connectivity index is 1.82. The molecule has 0 spiro atoms. The number of aryl methyl sites for hydroxylation is 2. The molecule has 0 bridgehead atoms. The molecular weight excluding hydrogens is 380 g/mol. The van der Waals surface area contributed by atoms with Gasteiger partial charge in [-0.2, -0.15) is 15.1 Å². The molecule has 1 aliphatic rings. The first-order chi connectivity index (χ1) is 14.5. The third-order valence-corrected chi connectivity index (χ3v) is 5.43. The van der Waals surface area contributed by atoms with E-state index in [9.17, 15) is 9.59 Å². The maximum absolute atomic E-state index is 13.0.